The van der Waals surface area contributed by atoms with E-state index >= 15 is 0 Å². The van der Waals surface area contributed by atoms with Gasteiger partial charge in [-0.3, -0.25) is 0 Å². The lowest BCUT2D eigenvalue weighted by Gasteiger charge is -2.07. The van der Waals surface area contributed by atoms with Gasteiger partial charge in [-0.05, 0) is 0 Å². The van der Waals surface area contributed by atoms with Crippen LogP contribution in [-0.4, -0.2) is 24.3 Å². The van der Waals surface area contributed by atoms with Gasteiger partial charge in [-0.1, -0.05) is 0 Å². The topological polar surface area (TPSA) is 61.4 Å². The number of nitrogens with one attached hydrogen (secondary N) is 2. The van der Waals surface area contributed by atoms with Gasteiger partial charge >= 0.3 is 6.03 Å². The number of carbonyl (C=O) groups is 1. The Balaban J connectivity index is 2.71. The predicted molar refractivity (Wildman–Crippen MR) is 50.4 cm³/mol. The zero-order valence-electron chi connectivity index (χ0n) is 8.06. The Bertz CT molecular complexity index is 375. The fourth-order valence-electron chi connectivity index (χ4n) is 0.972. The van der Waals surface area contributed by atoms with Crippen LogP contribution in [0.1, 0.15) is 0 Å². The maximum absolute atomic E-state index is 12.7. The number of benzene rings is 1. The van der Waals surface area contributed by atoms with Crippen LogP contribution in [0.25, 0.3) is 0 Å². The van der Waals surface area contributed by atoms with Crippen molar-refractivity contribution in [1.82, 2.24) is 5.32 Å². The van der Waals surface area contributed by atoms with Crippen LogP contribution < -0.4 is 10.6 Å². The molecular formula is C9H9F3N2O2. The van der Waals surface area contributed by atoms with Gasteiger partial charge in [-0.2, -0.15) is 0 Å². The quantitative estimate of drug-likeness (QED) is 0.688. The van der Waals surface area contributed by atoms with Gasteiger partial charge in [-0.15, -0.1) is 0 Å². The fraction of sp³-hybridized carbons (Fsp3) is 0.222. The van der Waals surface area contributed by atoms with Crippen molar-refractivity contribution in [3.05, 3.63) is 29.6 Å². The van der Waals surface area contributed by atoms with Crippen LogP contribution in [0.3, 0.4) is 0 Å². The molecule has 0 aliphatic rings. The predicted octanol–water partition coefficient (Wildman–Crippen LogP) is 1.22. The molecular weight excluding hydrogens is 225 g/mol. The molecule has 0 aliphatic carbocycles. The van der Waals surface area contributed by atoms with Crippen LogP contribution in [-0.2, 0) is 0 Å². The zero-order chi connectivity index (χ0) is 12.1. The summed E-state index contributed by atoms with van der Waals surface area (Å²) in [5, 5.41) is 12.7. The van der Waals surface area contributed by atoms with Crippen molar-refractivity contribution < 1.29 is 23.1 Å². The van der Waals surface area contributed by atoms with Crippen LogP contribution in [0.4, 0.5) is 23.7 Å². The lowest BCUT2D eigenvalue weighted by atomic mass is 10.3. The Kier molecular flexibility index (Phi) is 4.12. The number of aliphatic hydroxyl groups excluding tert-OH is 1. The van der Waals surface area contributed by atoms with Crippen molar-refractivity contribution >= 4 is 11.7 Å². The van der Waals surface area contributed by atoms with Crippen LogP contribution >= 0.6 is 0 Å². The summed E-state index contributed by atoms with van der Waals surface area (Å²) < 4.78 is 38.0. The number of halogens is 3. The van der Waals surface area contributed by atoms with Crippen LogP contribution in [0.5, 0.6) is 0 Å². The van der Waals surface area contributed by atoms with Crippen LogP contribution in [0.2, 0.25) is 0 Å². The van der Waals surface area contributed by atoms with E-state index in [-0.39, 0.29) is 18.8 Å². The van der Waals surface area contributed by atoms with Crippen molar-refractivity contribution in [2.45, 2.75) is 0 Å². The molecule has 16 heavy (non-hydrogen) atoms. The molecule has 0 saturated heterocycles. The average Bonchev–Trinajstić information content (AvgIpc) is 2.23. The first-order valence-corrected chi connectivity index (χ1v) is 4.35. The number of hydrogen-bond donors (Lipinski definition) is 3. The van der Waals surface area contributed by atoms with Gasteiger partial charge in [0.1, 0.15) is 0 Å². The van der Waals surface area contributed by atoms with Gasteiger partial charge in [0.05, 0.1) is 6.61 Å². The van der Waals surface area contributed by atoms with Gasteiger partial charge in [-0.25, -0.2) is 18.0 Å². The first-order chi connectivity index (χ1) is 7.54. The summed E-state index contributed by atoms with van der Waals surface area (Å²) in [5.74, 6) is -4.38. The lowest BCUT2D eigenvalue weighted by molar-refractivity contribution is 0.245. The van der Waals surface area contributed by atoms with E-state index in [0.29, 0.717) is 12.1 Å². The molecule has 0 spiro atoms. The molecule has 0 aromatic heterocycles. The average molecular weight is 234 g/mol. The molecule has 2 amide bonds. The lowest BCUT2D eigenvalue weighted by Crippen LogP contribution is -2.31. The van der Waals surface area contributed by atoms with E-state index < -0.39 is 23.5 Å². The van der Waals surface area contributed by atoms with E-state index in [9.17, 15) is 18.0 Å². The van der Waals surface area contributed by atoms with Gasteiger partial charge in [0, 0.05) is 24.4 Å². The number of aliphatic hydroxyl groups is 1. The molecule has 0 unspecified atom stereocenters. The highest BCUT2D eigenvalue weighted by molar-refractivity contribution is 5.89. The number of hydrogen-bond acceptors (Lipinski definition) is 2. The molecule has 1 rings (SSSR count). The van der Waals surface area contributed by atoms with E-state index in [1.807, 2.05) is 0 Å². The highest BCUT2D eigenvalue weighted by Gasteiger charge is 2.11. The molecule has 0 fully saturated rings. The molecule has 88 valence electrons. The van der Waals surface area contributed by atoms with Gasteiger partial charge in [0.15, 0.2) is 17.5 Å². The molecule has 1 aromatic rings. The van der Waals surface area contributed by atoms with Crippen molar-refractivity contribution in [3.8, 4) is 0 Å². The van der Waals surface area contributed by atoms with E-state index in [1.54, 1.807) is 0 Å². The summed E-state index contributed by atoms with van der Waals surface area (Å²) in [4.78, 5) is 11.0. The monoisotopic (exact) mass is 234 g/mol. The molecule has 7 heteroatoms. The second kappa shape index (κ2) is 5.36. The Morgan fingerprint density at radius 2 is 1.81 bits per heavy atom. The number of urea groups is 1. The van der Waals surface area contributed by atoms with E-state index in [0.717, 1.165) is 0 Å². The zero-order valence-corrected chi connectivity index (χ0v) is 8.06. The summed E-state index contributed by atoms with van der Waals surface area (Å²) in [6.45, 7) is -0.266. The Labute approximate surface area is 89.1 Å². The third kappa shape index (κ3) is 3.13. The van der Waals surface area contributed by atoms with Crippen molar-refractivity contribution in [2.24, 2.45) is 0 Å². The minimum Gasteiger partial charge on any atom is -0.395 e. The fourth-order valence-corrected chi connectivity index (χ4v) is 0.972. The van der Waals surface area contributed by atoms with Crippen LogP contribution in [0, 0.1) is 17.5 Å². The van der Waals surface area contributed by atoms with Crippen molar-refractivity contribution in [3.63, 3.8) is 0 Å². The number of amides is 2. The summed E-state index contributed by atoms with van der Waals surface area (Å²) in [6.07, 6.45) is 0. The molecule has 0 atom stereocenters. The van der Waals surface area contributed by atoms with E-state index in [1.165, 1.54) is 0 Å². The largest absolute Gasteiger partial charge is 0.395 e. The molecule has 3 N–H and O–H groups in total. The molecule has 0 aliphatic heterocycles. The molecule has 0 heterocycles. The Hall–Kier alpha value is -1.76. The molecule has 0 bridgehead atoms. The van der Waals surface area contributed by atoms with Gasteiger partial charge < -0.3 is 15.7 Å². The third-order valence-corrected chi connectivity index (χ3v) is 1.64. The maximum atomic E-state index is 12.7. The summed E-state index contributed by atoms with van der Waals surface area (Å²) in [7, 11) is 0. The second-order valence-electron chi connectivity index (χ2n) is 2.86. The molecule has 1 aromatic carbocycles. The smallest absolute Gasteiger partial charge is 0.319 e. The van der Waals surface area contributed by atoms with Gasteiger partial charge in [0.2, 0.25) is 0 Å². The Morgan fingerprint density at radius 3 is 2.31 bits per heavy atom. The minimum absolute atomic E-state index is 0.00199. The molecule has 0 saturated carbocycles. The highest BCUT2D eigenvalue weighted by Crippen LogP contribution is 2.16. The normalized spacial score (nSPS) is 10.0. The highest BCUT2D eigenvalue weighted by atomic mass is 19.2. The number of carbonyl (C=O) groups excluding carboxylic acids is 1. The Morgan fingerprint density at radius 1 is 1.25 bits per heavy atom. The minimum atomic E-state index is -1.60. The first kappa shape index (κ1) is 12.3. The van der Waals surface area contributed by atoms with E-state index in [4.69, 9.17) is 5.11 Å². The van der Waals surface area contributed by atoms with Crippen molar-refractivity contribution in [2.75, 3.05) is 18.5 Å². The van der Waals surface area contributed by atoms with Gasteiger partial charge in [0.25, 0.3) is 0 Å². The summed E-state index contributed by atoms with van der Waals surface area (Å²) in [6, 6.07) is 0.549. The SMILES string of the molecule is O=C(NCCO)Nc1cc(F)c(F)c(F)c1. The second-order valence-corrected chi connectivity index (χ2v) is 2.86. The maximum Gasteiger partial charge on any atom is 0.319 e. The standard InChI is InChI=1S/C9H9F3N2O2/c10-6-3-5(4-7(11)8(6)12)14-9(16)13-1-2-15/h3-4,15H,1-2H2,(H2,13,14,16). The summed E-state index contributed by atoms with van der Waals surface area (Å²) in [5.41, 5.74) is -0.216. The first-order valence-electron chi connectivity index (χ1n) is 4.35. The number of anilines is 1. The van der Waals surface area contributed by atoms with Crippen molar-refractivity contribution in [1.29, 1.82) is 0 Å². The third-order valence-electron chi connectivity index (χ3n) is 1.64. The molecule has 4 nitrogen and oxygen atoms in total. The van der Waals surface area contributed by atoms with E-state index in [2.05, 4.69) is 10.6 Å². The number of rotatable bonds is 3. The summed E-state index contributed by atoms with van der Waals surface area (Å²) >= 11 is 0. The van der Waals surface area contributed by atoms with Crippen LogP contribution in [0.15, 0.2) is 12.1 Å². The molecule has 0 radical (unpaired) electrons.